The van der Waals surface area contributed by atoms with Crippen molar-refractivity contribution in [3.8, 4) is 0 Å². The molecule has 4 heteroatoms. The van der Waals surface area contributed by atoms with Crippen molar-refractivity contribution in [2.45, 2.75) is 25.7 Å². The normalized spacial score (nSPS) is 18.5. The Balaban J connectivity index is 2.02. The summed E-state index contributed by atoms with van der Waals surface area (Å²) in [5.74, 6) is 0.917. The van der Waals surface area contributed by atoms with Crippen molar-refractivity contribution < 1.29 is 9.21 Å². The monoisotopic (exact) mass is 294 g/mol. The van der Waals surface area contributed by atoms with Gasteiger partial charge in [-0.05, 0) is 30.0 Å². The third-order valence-corrected chi connectivity index (χ3v) is 4.45. The zero-order valence-electron chi connectivity index (χ0n) is 10.4. The first-order valence-electron chi connectivity index (χ1n) is 6.12. The number of fused-ring (bicyclic) bond motifs is 1. The van der Waals surface area contributed by atoms with Crippen LogP contribution in [0.25, 0.3) is 0 Å². The minimum Gasteiger partial charge on any atom is -0.468 e. The van der Waals surface area contributed by atoms with Crippen LogP contribution in [-0.4, -0.2) is 5.78 Å². The molecule has 0 saturated carbocycles. The predicted octanol–water partition coefficient (Wildman–Crippen LogP) is 4.81. The van der Waals surface area contributed by atoms with Gasteiger partial charge in [-0.2, -0.15) is 0 Å². The highest BCUT2D eigenvalue weighted by molar-refractivity contribution is 6.42. The van der Waals surface area contributed by atoms with E-state index < -0.39 is 0 Å². The van der Waals surface area contributed by atoms with Gasteiger partial charge in [0, 0.05) is 12.8 Å². The first-order valence-corrected chi connectivity index (χ1v) is 6.87. The van der Waals surface area contributed by atoms with E-state index in [1.165, 1.54) is 0 Å². The minimum absolute atomic E-state index is 0.0387. The molecule has 0 saturated heterocycles. The lowest BCUT2D eigenvalue weighted by atomic mass is 9.82. The molecule has 19 heavy (non-hydrogen) atoms. The topological polar surface area (TPSA) is 30.2 Å². The van der Waals surface area contributed by atoms with Crippen LogP contribution in [0.2, 0.25) is 10.0 Å². The second-order valence-corrected chi connectivity index (χ2v) is 5.67. The van der Waals surface area contributed by atoms with Crippen LogP contribution in [0.1, 0.15) is 39.6 Å². The summed E-state index contributed by atoms with van der Waals surface area (Å²) in [6.45, 7) is 1.90. The molecule has 0 spiro atoms. The number of hydrogen-bond acceptors (Lipinski definition) is 2. The number of ketones is 1. The quantitative estimate of drug-likeness (QED) is 0.756. The van der Waals surface area contributed by atoms with Gasteiger partial charge in [-0.25, -0.2) is 0 Å². The lowest BCUT2D eigenvalue weighted by molar-refractivity contribution is 0.0960. The third-order valence-electron chi connectivity index (χ3n) is 3.61. The molecular formula is C15H12Cl2O2. The van der Waals surface area contributed by atoms with Gasteiger partial charge in [0.2, 0.25) is 0 Å². The van der Waals surface area contributed by atoms with Crippen molar-refractivity contribution in [1.82, 2.24) is 0 Å². The van der Waals surface area contributed by atoms with Crippen LogP contribution in [0, 0.1) is 6.92 Å². The Hall–Kier alpha value is -1.25. The molecule has 2 aromatic rings. The number of halogens is 2. The fourth-order valence-electron chi connectivity index (χ4n) is 2.70. The summed E-state index contributed by atoms with van der Waals surface area (Å²) in [6, 6.07) is 5.53. The molecule has 1 unspecified atom stereocenters. The molecule has 0 N–H and O–H groups in total. The van der Waals surface area contributed by atoms with Gasteiger partial charge >= 0.3 is 0 Å². The molecule has 3 rings (SSSR count). The Labute approximate surface area is 121 Å². The van der Waals surface area contributed by atoms with Gasteiger partial charge in [0.15, 0.2) is 5.78 Å². The van der Waals surface area contributed by atoms with E-state index in [2.05, 4.69) is 0 Å². The largest absolute Gasteiger partial charge is 0.468 e. The smallest absolute Gasteiger partial charge is 0.167 e. The van der Waals surface area contributed by atoms with E-state index in [9.17, 15) is 4.79 Å². The number of furan rings is 1. The maximum absolute atomic E-state index is 12.2. The SMILES string of the molecule is Cc1coc2c1C(=O)CC(c1cccc(Cl)c1Cl)C2. The van der Waals surface area contributed by atoms with Crippen LogP contribution < -0.4 is 0 Å². The van der Waals surface area contributed by atoms with Gasteiger partial charge in [-0.15, -0.1) is 0 Å². The van der Waals surface area contributed by atoms with Gasteiger partial charge in [-0.3, -0.25) is 4.79 Å². The molecular weight excluding hydrogens is 283 g/mol. The van der Waals surface area contributed by atoms with Crippen LogP contribution in [0.15, 0.2) is 28.9 Å². The van der Waals surface area contributed by atoms with Crippen molar-refractivity contribution >= 4 is 29.0 Å². The molecule has 1 aliphatic carbocycles. The molecule has 98 valence electrons. The number of hydrogen-bond donors (Lipinski definition) is 0. The first-order chi connectivity index (χ1) is 9.08. The molecule has 1 aliphatic rings. The van der Waals surface area contributed by atoms with Gasteiger partial charge in [-0.1, -0.05) is 35.3 Å². The summed E-state index contributed by atoms with van der Waals surface area (Å²) < 4.78 is 5.48. The van der Waals surface area contributed by atoms with E-state index in [0.29, 0.717) is 22.9 Å². The Morgan fingerprint density at radius 1 is 1.26 bits per heavy atom. The molecule has 0 amide bonds. The lowest BCUT2D eigenvalue weighted by Gasteiger charge is -2.22. The highest BCUT2D eigenvalue weighted by Crippen LogP contribution is 2.39. The van der Waals surface area contributed by atoms with Gasteiger partial charge in [0.25, 0.3) is 0 Å². The molecule has 0 radical (unpaired) electrons. The zero-order chi connectivity index (χ0) is 13.6. The Bertz CT molecular complexity index is 658. The average molecular weight is 295 g/mol. The van der Waals surface area contributed by atoms with Crippen molar-refractivity contribution in [3.63, 3.8) is 0 Å². The van der Waals surface area contributed by atoms with E-state index in [0.717, 1.165) is 22.5 Å². The average Bonchev–Trinajstić information content (AvgIpc) is 2.75. The van der Waals surface area contributed by atoms with E-state index in [4.69, 9.17) is 27.6 Å². The first kappa shape index (κ1) is 12.8. The van der Waals surface area contributed by atoms with Crippen LogP contribution in [-0.2, 0) is 6.42 Å². The summed E-state index contributed by atoms with van der Waals surface area (Å²) in [4.78, 5) is 12.2. The summed E-state index contributed by atoms with van der Waals surface area (Å²) in [5, 5.41) is 1.06. The molecule has 1 aromatic carbocycles. The second kappa shape index (κ2) is 4.69. The molecule has 0 bridgehead atoms. The van der Waals surface area contributed by atoms with Crippen molar-refractivity contribution in [1.29, 1.82) is 0 Å². The van der Waals surface area contributed by atoms with Crippen molar-refractivity contribution in [3.05, 3.63) is 57.0 Å². The van der Waals surface area contributed by atoms with E-state index >= 15 is 0 Å². The fourth-order valence-corrected chi connectivity index (χ4v) is 3.16. The number of benzene rings is 1. The summed E-state index contributed by atoms with van der Waals surface area (Å²) in [5.41, 5.74) is 2.58. The van der Waals surface area contributed by atoms with Crippen LogP contribution in [0.4, 0.5) is 0 Å². The number of rotatable bonds is 1. The van der Waals surface area contributed by atoms with Gasteiger partial charge < -0.3 is 4.42 Å². The molecule has 0 fully saturated rings. The Morgan fingerprint density at radius 3 is 2.84 bits per heavy atom. The lowest BCUT2D eigenvalue weighted by Crippen LogP contribution is -2.18. The van der Waals surface area contributed by atoms with E-state index in [1.807, 2.05) is 19.1 Å². The number of carbonyl (C=O) groups is 1. The maximum Gasteiger partial charge on any atom is 0.167 e. The predicted molar refractivity (Wildman–Crippen MR) is 75.3 cm³/mol. The summed E-state index contributed by atoms with van der Waals surface area (Å²) in [7, 11) is 0. The zero-order valence-corrected chi connectivity index (χ0v) is 11.9. The summed E-state index contributed by atoms with van der Waals surface area (Å²) >= 11 is 12.3. The number of carbonyl (C=O) groups excluding carboxylic acids is 1. The van der Waals surface area contributed by atoms with E-state index in [1.54, 1.807) is 12.3 Å². The second-order valence-electron chi connectivity index (χ2n) is 4.89. The standard InChI is InChI=1S/C15H12Cl2O2/c1-8-7-19-13-6-9(5-12(18)14(8)13)10-3-2-4-11(16)15(10)17/h2-4,7,9H,5-6H2,1H3. The minimum atomic E-state index is 0.0387. The van der Waals surface area contributed by atoms with Crippen LogP contribution in [0.5, 0.6) is 0 Å². The number of Topliss-reactive ketones (excluding diaryl/α,β-unsaturated/α-hetero) is 1. The van der Waals surface area contributed by atoms with Gasteiger partial charge in [0.1, 0.15) is 5.76 Å². The van der Waals surface area contributed by atoms with Crippen molar-refractivity contribution in [2.24, 2.45) is 0 Å². The Morgan fingerprint density at radius 2 is 2.05 bits per heavy atom. The van der Waals surface area contributed by atoms with Gasteiger partial charge in [0.05, 0.1) is 21.9 Å². The molecule has 1 aromatic heterocycles. The van der Waals surface area contributed by atoms with Crippen LogP contribution in [0.3, 0.4) is 0 Å². The third kappa shape index (κ3) is 2.09. The molecule has 1 heterocycles. The maximum atomic E-state index is 12.2. The highest BCUT2D eigenvalue weighted by Gasteiger charge is 2.31. The molecule has 1 atom stereocenters. The number of aryl methyl sites for hydroxylation is 1. The molecule has 2 nitrogen and oxygen atoms in total. The van der Waals surface area contributed by atoms with Crippen LogP contribution >= 0.6 is 23.2 Å². The highest BCUT2D eigenvalue weighted by atomic mass is 35.5. The van der Waals surface area contributed by atoms with Crippen molar-refractivity contribution in [2.75, 3.05) is 0 Å². The summed E-state index contributed by atoms with van der Waals surface area (Å²) in [6.07, 6.45) is 2.78. The van der Waals surface area contributed by atoms with E-state index in [-0.39, 0.29) is 11.7 Å². The molecule has 0 aliphatic heterocycles. The Kier molecular flexibility index (Phi) is 3.15. The fraction of sp³-hybridized carbons (Fsp3) is 0.267.